The van der Waals surface area contributed by atoms with E-state index in [9.17, 15) is 4.79 Å². The van der Waals surface area contributed by atoms with Crippen molar-refractivity contribution in [1.82, 2.24) is 14.8 Å². The Morgan fingerprint density at radius 3 is 3.08 bits per heavy atom. The average Bonchev–Trinajstić information content (AvgIpc) is 2.67. The lowest BCUT2D eigenvalue weighted by Gasteiger charge is -2.06. The zero-order chi connectivity index (χ0) is 9.10. The van der Waals surface area contributed by atoms with E-state index in [4.69, 9.17) is 0 Å². The van der Waals surface area contributed by atoms with Crippen LogP contribution in [0, 0.1) is 0 Å². The van der Waals surface area contributed by atoms with E-state index in [0.717, 1.165) is 18.5 Å². The van der Waals surface area contributed by atoms with Crippen molar-refractivity contribution in [2.75, 3.05) is 0 Å². The van der Waals surface area contributed by atoms with Crippen molar-refractivity contribution in [2.24, 2.45) is 0 Å². The highest BCUT2D eigenvalue weighted by Gasteiger charge is 2.06. The molecule has 1 heterocycles. The molecule has 13 heavy (non-hydrogen) atoms. The van der Waals surface area contributed by atoms with Gasteiger partial charge in [-0.2, -0.15) is 5.10 Å². The summed E-state index contributed by atoms with van der Waals surface area (Å²) in [7, 11) is 0. The summed E-state index contributed by atoms with van der Waals surface area (Å²) < 4.78 is 1.54. The van der Waals surface area contributed by atoms with Crippen LogP contribution >= 0.6 is 0 Å². The number of nitrogens with zero attached hydrogens (tertiary/aromatic N) is 3. The predicted octanol–water partition coefficient (Wildman–Crippen LogP) is 1.28. The fourth-order valence-electron chi connectivity index (χ4n) is 1.29. The lowest BCUT2D eigenvalue weighted by molar-refractivity contribution is 0.111. The maximum Gasteiger partial charge on any atom is 0.196 e. The van der Waals surface area contributed by atoms with Crippen molar-refractivity contribution in [1.29, 1.82) is 0 Å². The van der Waals surface area contributed by atoms with Crippen LogP contribution in [0.25, 0.3) is 5.70 Å². The van der Waals surface area contributed by atoms with Crippen LogP contribution in [0.1, 0.15) is 23.5 Å². The summed E-state index contributed by atoms with van der Waals surface area (Å²) in [5.74, 6) is 0.345. The zero-order valence-corrected chi connectivity index (χ0v) is 7.05. The standard InChI is InChI=1S/C9H9N3O/c13-6-9-10-7-11-12(9)8-4-2-1-3-5-8/h2,4-7H,1,3H2. The second-order valence-corrected chi connectivity index (χ2v) is 2.76. The Bertz CT molecular complexity index is 376. The molecule has 0 N–H and O–H groups in total. The Hall–Kier alpha value is -1.71. The van der Waals surface area contributed by atoms with Crippen LogP contribution < -0.4 is 0 Å². The molecule has 4 heteroatoms. The van der Waals surface area contributed by atoms with Gasteiger partial charge in [-0.3, -0.25) is 4.79 Å². The summed E-state index contributed by atoms with van der Waals surface area (Å²) in [5.41, 5.74) is 0.922. The molecular formula is C9H9N3O. The minimum absolute atomic E-state index is 0.345. The van der Waals surface area contributed by atoms with Gasteiger partial charge in [0.25, 0.3) is 0 Å². The first-order chi connectivity index (χ1) is 6.42. The Labute approximate surface area is 75.6 Å². The van der Waals surface area contributed by atoms with E-state index in [1.165, 1.54) is 6.33 Å². The Morgan fingerprint density at radius 1 is 1.46 bits per heavy atom. The van der Waals surface area contributed by atoms with Crippen LogP contribution in [0.5, 0.6) is 0 Å². The van der Waals surface area contributed by atoms with Gasteiger partial charge in [0.2, 0.25) is 0 Å². The van der Waals surface area contributed by atoms with Crippen molar-refractivity contribution in [2.45, 2.75) is 12.8 Å². The van der Waals surface area contributed by atoms with E-state index in [2.05, 4.69) is 16.2 Å². The van der Waals surface area contributed by atoms with Crippen LogP contribution in [-0.2, 0) is 0 Å². The first kappa shape index (κ1) is 7.91. The van der Waals surface area contributed by atoms with E-state index in [-0.39, 0.29) is 0 Å². The molecule has 0 aromatic carbocycles. The molecule has 0 saturated heterocycles. The normalized spacial score (nSPS) is 15.5. The highest BCUT2D eigenvalue weighted by Crippen LogP contribution is 2.14. The Balaban J connectivity index is 2.39. The molecule has 0 spiro atoms. The van der Waals surface area contributed by atoms with E-state index in [1.807, 2.05) is 12.2 Å². The van der Waals surface area contributed by atoms with Crippen LogP contribution in [0.2, 0.25) is 0 Å². The molecule has 4 nitrogen and oxygen atoms in total. The van der Waals surface area contributed by atoms with E-state index >= 15 is 0 Å². The van der Waals surface area contributed by atoms with Gasteiger partial charge in [-0.1, -0.05) is 12.2 Å². The lowest BCUT2D eigenvalue weighted by Crippen LogP contribution is -2.03. The molecular weight excluding hydrogens is 166 g/mol. The van der Waals surface area contributed by atoms with Gasteiger partial charge >= 0.3 is 0 Å². The fourth-order valence-corrected chi connectivity index (χ4v) is 1.29. The first-order valence-corrected chi connectivity index (χ1v) is 4.14. The van der Waals surface area contributed by atoms with Crippen LogP contribution in [-0.4, -0.2) is 21.1 Å². The Morgan fingerprint density at radius 2 is 2.38 bits per heavy atom. The third-order valence-corrected chi connectivity index (χ3v) is 1.90. The average molecular weight is 175 g/mol. The fraction of sp³-hybridized carbons (Fsp3) is 0.222. The number of aldehydes is 1. The van der Waals surface area contributed by atoms with Gasteiger partial charge in [-0.05, 0) is 18.9 Å². The number of rotatable bonds is 2. The molecule has 0 aliphatic heterocycles. The number of hydrogen-bond donors (Lipinski definition) is 0. The van der Waals surface area contributed by atoms with Crippen LogP contribution in [0.3, 0.4) is 0 Å². The quantitative estimate of drug-likeness (QED) is 0.636. The maximum atomic E-state index is 10.6. The van der Waals surface area contributed by atoms with Gasteiger partial charge in [-0.25, -0.2) is 9.67 Å². The van der Waals surface area contributed by atoms with E-state index in [1.54, 1.807) is 4.68 Å². The molecule has 0 atom stereocenters. The van der Waals surface area contributed by atoms with Crippen LogP contribution in [0.4, 0.5) is 0 Å². The zero-order valence-electron chi connectivity index (χ0n) is 7.05. The van der Waals surface area contributed by atoms with Gasteiger partial charge in [0.15, 0.2) is 12.1 Å². The third-order valence-electron chi connectivity index (χ3n) is 1.90. The molecule has 0 saturated carbocycles. The summed E-state index contributed by atoms with van der Waals surface area (Å²) in [6.07, 6.45) is 10.2. The van der Waals surface area contributed by atoms with Gasteiger partial charge in [0.05, 0.1) is 5.70 Å². The highest BCUT2D eigenvalue weighted by atomic mass is 16.1. The molecule has 66 valence electrons. The molecule has 1 aromatic rings. The minimum Gasteiger partial charge on any atom is -0.294 e. The highest BCUT2D eigenvalue weighted by molar-refractivity contribution is 5.73. The van der Waals surface area contributed by atoms with Gasteiger partial charge in [-0.15, -0.1) is 0 Å². The smallest absolute Gasteiger partial charge is 0.196 e. The second kappa shape index (κ2) is 3.35. The van der Waals surface area contributed by atoms with Crippen LogP contribution in [0.15, 0.2) is 24.6 Å². The van der Waals surface area contributed by atoms with Crippen molar-refractivity contribution in [3.63, 3.8) is 0 Å². The van der Waals surface area contributed by atoms with Gasteiger partial charge in [0, 0.05) is 0 Å². The summed E-state index contributed by atoms with van der Waals surface area (Å²) in [6, 6.07) is 0. The number of carbonyl (C=O) groups excluding carboxylic acids is 1. The first-order valence-electron chi connectivity index (χ1n) is 4.14. The molecule has 1 aliphatic rings. The van der Waals surface area contributed by atoms with E-state index in [0.29, 0.717) is 12.1 Å². The van der Waals surface area contributed by atoms with Crippen molar-refractivity contribution >= 4 is 12.0 Å². The number of hydrogen-bond acceptors (Lipinski definition) is 3. The molecule has 2 rings (SSSR count). The van der Waals surface area contributed by atoms with Crippen molar-refractivity contribution in [3.05, 3.63) is 30.4 Å². The van der Waals surface area contributed by atoms with Gasteiger partial charge < -0.3 is 0 Å². The summed E-state index contributed by atoms with van der Waals surface area (Å²) in [5, 5.41) is 3.97. The van der Waals surface area contributed by atoms with Crippen molar-refractivity contribution < 1.29 is 4.79 Å². The van der Waals surface area contributed by atoms with Gasteiger partial charge in [0.1, 0.15) is 6.33 Å². The molecule has 0 amide bonds. The molecule has 0 radical (unpaired) electrons. The lowest BCUT2D eigenvalue weighted by atomic mass is 10.1. The number of carbonyl (C=O) groups is 1. The minimum atomic E-state index is 0.345. The summed E-state index contributed by atoms with van der Waals surface area (Å²) >= 11 is 0. The Kier molecular flexibility index (Phi) is 2.04. The molecule has 1 aromatic heterocycles. The second-order valence-electron chi connectivity index (χ2n) is 2.76. The van der Waals surface area contributed by atoms with Crippen molar-refractivity contribution in [3.8, 4) is 0 Å². The largest absolute Gasteiger partial charge is 0.294 e. The SMILES string of the molecule is O=Cc1ncnn1C1=CCCC=C1. The monoisotopic (exact) mass is 175 g/mol. The molecule has 0 fully saturated rings. The maximum absolute atomic E-state index is 10.6. The summed E-state index contributed by atoms with van der Waals surface area (Å²) in [6.45, 7) is 0. The van der Waals surface area contributed by atoms with E-state index < -0.39 is 0 Å². The predicted molar refractivity (Wildman–Crippen MR) is 48.1 cm³/mol. The third kappa shape index (κ3) is 1.42. The molecule has 0 bridgehead atoms. The topological polar surface area (TPSA) is 47.8 Å². The summed E-state index contributed by atoms with van der Waals surface area (Å²) in [4.78, 5) is 14.4. The number of aromatic nitrogens is 3. The molecule has 1 aliphatic carbocycles. The molecule has 0 unspecified atom stereocenters. The number of allylic oxidation sites excluding steroid dienone is 4.